The lowest BCUT2D eigenvalue weighted by atomic mass is 10.1. The Balaban J connectivity index is 1.71. The average Bonchev–Trinajstić information content (AvgIpc) is 3.17. The maximum absolute atomic E-state index is 9.98. The fraction of sp³-hybridized carbons (Fsp3) is 0.480. The SMILES string of the molecule is CNCC(O)COc1cccc(-c2nc(-c3c(C)noc3C)cc(N3CCN(C)[C@@H](C)C3)n2)c1. The maximum Gasteiger partial charge on any atom is 0.162 e. The third-order valence-corrected chi connectivity index (χ3v) is 6.26. The fourth-order valence-electron chi connectivity index (χ4n) is 4.17. The highest BCUT2D eigenvalue weighted by Crippen LogP contribution is 2.31. The molecular formula is C25H34N6O3. The molecule has 3 aromatic rings. The zero-order valence-electron chi connectivity index (χ0n) is 20.6. The van der Waals surface area contributed by atoms with E-state index >= 15 is 0 Å². The van der Waals surface area contributed by atoms with Crippen LogP contribution in [0.15, 0.2) is 34.9 Å². The molecule has 1 fully saturated rings. The van der Waals surface area contributed by atoms with Crippen molar-refractivity contribution in [1.29, 1.82) is 0 Å². The van der Waals surface area contributed by atoms with E-state index in [0.717, 1.165) is 53.7 Å². The zero-order chi connectivity index (χ0) is 24.2. The minimum Gasteiger partial charge on any atom is -0.491 e. The summed E-state index contributed by atoms with van der Waals surface area (Å²) in [5, 5.41) is 17.0. The summed E-state index contributed by atoms with van der Waals surface area (Å²) in [6, 6.07) is 10.1. The smallest absolute Gasteiger partial charge is 0.162 e. The third-order valence-electron chi connectivity index (χ3n) is 6.26. The lowest BCUT2D eigenvalue weighted by Gasteiger charge is -2.38. The number of nitrogens with one attached hydrogen (secondary N) is 1. The standard InChI is InChI=1S/C25H34N6O3/c1-16-14-31(10-9-30(16)5)23-12-22(24-17(2)29-34-18(24)3)27-25(28-23)19-7-6-8-21(11-19)33-15-20(32)13-26-4/h6-8,11-12,16,20,26,32H,9-10,13-15H2,1-5H3/t16-,20?/m0/s1. The van der Waals surface area contributed by atoms with Crippen molar-refractivity contribution in [3.8, 4) is 28.4 Å². The van der Waals surface area contributed by atoms with Gasteiger partial charge in [0.25, 0.3) is 0 Å². The first-order valence-corrected chi connectivity index (χ1v) is 11.7. The molecule has 0 bridgehead atoms. The van der Waals surface area contributed by atoms with Gasteiger partial charge in [-0.2, -0.15) is 0 Å². The van der Waals surface area contributed by atoms with E-state index in [-0.39, 0.29) is 6.61 Å². The summed E-state index contributed by atoms with van der Waals surface area (Å²) in [4.78, 5) is 14.5. The molecule has 9 heteroatoms. The van der Waals surface area contributed by atoms with Crippen LogP contribution in [0, 0.1) is 13.8 Å². The number of aryl methyl sites for hydroxylation is 2. The van der Waals surface area contributed by atoms with Crippen molar-refractivity contribution in [2.75, 3.05) is 51.8 Å². The van der Waals surface area contributed by atoms with E-state index in [9.17, 15) is 5.11 Å². The number of hydrogen-bond acceptors (Lipinski definition) is 9. The van der Waals surface area contributed by atoms with Gasteiger partial charge in [0.1, 0.15) is 30.0 Å². The summed E-state index contributed by atoms with van der Waals surface area (Å²) in [6.07, 6.45) is -0.585. The molecule has 2 aromatic heterocycles. The first-order valence-electron chi connectivity index (χ1n) is 11.7. The third kappa shape index (κ3) is 5.38. The molecule has 1 aliphatic heterocycles. The van der Waals surface area contributed by atoms with Crippen LogP contribution in [0.4, 0.5) is 5.82 Å². The molecule has 3 heterocycles. The Kier molecular flexibility index (Phi) is 7.45. The van der Waals surface area contributed by atoms with Crippen LogP contribution in [0.1, 0.15) is 18.4 Å². The summed E-state index contributed by atoms with van der Waals surface area (Å²) in [5.41, 5.74) is 3.33. The molecule has 0 spiro atoms. The monoisotopic (exact) mass is 466 g/mol. The fourth-order valence-corrected chi connectivity index (χ4v) is 4.17. The normalized spacial score (nSPS) is 17.7. The summed E-state index contributed by atoms with van der Waals surface area (Å²) in [7, 11) is 3.95. The van der Waals surface area contributed by atoms with E-state index in [1.807, 2.05) is 44.2 Å². The number of benzene rings is 1. The lowest BCUT2D eigenvalue weighted by Crippen LogP contribution is -2.50. The Labute approximate surface area is 200 Å². The highest BCUT2D eigenvalue weighted by molar-refractivity contribution is 5.71. The Morgan fingerprint density at radius 1 is 1.24 bits per heavy atom. The molecular weight excluding hydrogens is 432 g/mol. The van der Waals surface area contributed by atoms with Crippen LogP contribution < -0.4 is 15.0 Å². The summed E-state index contributed by atoms with van der Waals surface area (Å²) in [6.45, 7) is 9.48. The lowest BCUT2D eigenvalue weighted by molar-refractivity contribution is 0.108. The van der Waals surface area contributed by atoms with Gasteiger partial charge in [-0.1, -0.05) is 17.3 Å². The van der Waals surface area contributed by atoms with Crippen molar-refractivity contribution in [1.82, 2.24) is 25.3 Å². The van der Waals surface area contributed by atoms with Gasteiger partial charge in [0, 0.05) is 43.9 Å². The first-order chi connectivity index (χ1) is 16.4. The molecule has 1 aliphatic rings. The number of rotatable bonds is 8. The van der Waals surface area contributed by atoms with Crippen molar-refractivity contribution in [3.05, 3.63) is 41.8 Å². The molecule has 4 rings (SSSR count). The van der Waals surface area contributed by atoms with Gasteiger partial charge in [0.05, 0.1) is 17.0 Å². The van der Waals surface area contributed by atoms with Crippen LogP contribution in [0.2, 0.25) is 0 Å². The number of nitrogens with zero attached hydrogens (tertiary/aromatic N) is 5. The molecule has 2 atom stereocenters. The number of piperazine rings is 1. The number of aromatic nitrogens is 3. The molecule has 9 nitrogen and oxygen atoms in total. The zero-order valence-corrected chi connectivity index (χ0v) is 20.6. The van der Waals surface area contributed by atoms with Crippen molar-refractivity contribution in [2.45, 2.75) is 32.9 Å². The maximum atomic E-state index is 9.98. The van der Waals surface area contributed by atoms with Gasteiger partial charge in [-0.15, -0.1) is 0 Å². The number of likely N-dealkylation sites (N-methyl/N-ethyl adjacent to an activating group) is 2. The van der Waals surface area contributed by atoms with Gasteiger partial charge >= 0.3 is 0 Å². The first kappa shape index (κ1) is 24.1. The molecule has 1 aromatic carbocycles. The number of aliphatic hydroxyl groups excluding tert-OH is 1. The van der Waals surface area contributed by atoms with Crippen LogP contribution in [-0.4, -0.2) is 84.2 Å². The van der Waals surface area contributed by atoms with Crippen molar-refractivity contribution in [2.24, 2.45) is 0 Å². The average molecular weight is 467 g/mol. The van der Waals surface area contributed by atoms with Crippen molar-refractivity contribution in [3.63, 3.8) is 0 Å². The van der Waals surface area contributed by atoms with Crippen LogP contribution in [-0.2, 0) is 0 Å². The largest absolute Gasteiger partial charge is 0.491 e. The number of aliphatic hydroxyl groups is 1. The molecule has 0 amide bonds. The second kappa shape index (κ2) is 10.5. The van der Waals surface area contributed by atoms with E-state index in [1.165, 1.54) is 0 Å². The van der Waals surface area contributed by atoms with E-state index in [1.54, 1.807) is 7.05 Å². The highest BCUT2D eigenvalue weighted by Gasteiger charge is 2.24. The summed E-state index contributed by atoms with van der Waals surface area (Å²) in [5.74, 6) is 2.89. The van der Waals surface area contributed by atoms with E-state index < -0.39 is 6.10 Å². The molecule has 0 saturated carbocycles. The highest BCUT2D eigenvalue weighted by atomic mass is 16.5. The Morgan fingerprint density at radius 2 is 2.06 bits per heavy atom. The number of hydrogen-bond donors (Lipinski definition) is 2. The summed E-state index contributed by atoms with van der Waals surface area (Å²) < 4.78 is 11.2. The van der Waals surface area contributed by atoms with Crippen LogP contribution in [0.25, 0.3) is 22.6 Å². The van der Waals surface area contributed by atoms with Gasteiger partial charge in [0.15, 0.2) is 5.82 Å². The second-order valence-electron chi connectivity index (χ2n) is 8.96. The molecule has 182 valence electrons. The van der Waals surface area contributed by atoms with Gasteiger partial charge in [-0.3, -0.25) is 0 Å². The van der Waals surface area contributed by atoms with E-state index in [4.69, 9.17) is 19.2 Å². The Bertz CT molecular complexity index is 1100. The van der Waals surface area contributed by atoms with Crippen molar-refractivity contribution < 1.29 is 14.4 Å². The molecule has 0 aliphatic carbocycles. The van der Waals surface area contributed by atoms with Crippen molar-refractivity contribution >= 4 is 5.82 Å². The molecule has 34 heavy (non-hydrogen) atoms. The molecule has 1 unspecified atom stereocenters. The van der Waals surface area contributed by atoms with E-state index in [0.29, 0.717) is 24.2 Å². The van der Waals surface area contributed by atoms with Gasteiger partial charge in [-0.25, -0.2) is 9.97 Å². The van der Waals surface area contributed by atoms with Crippen LogP contribution >= 0.6 is 0 Å². The summed E-state index contributed by atoms with van der Waals surface area (Å²) >= 11 is 0. The Hall–Kier alpha value is -3.01. The van der Waals surface area contributed by atoms with Gasteiger partial charge in [0.2, 0.25) is 0 Å². The minimum absolute atomic E-state index is 0.203. The molecule has 0 radical (unpaired) electrons. The molecule has 2 N–H and O–H groups in total. The topological polar surface area (TPSA) is 99.8 Å². The quantitative estimate of drug-likeness (QED) is 0.519. The predicted octanol–water partition coefficient (Wildman–Crippen LogP) is 2.51. The minimum atomic E-state index is -0.585. The number of ether oxygens (including phenoxy) is 1. The molecule has 1 saturated heterocycles. The van der Waals surface area contributed by atoms with Gasteiger partial charge < -0.3 is 29.5 Å². The Morgan fingerprint density at radius 3 is 2.76 bits per heavy atom. The van der Waals surface area contributed by atoms with Crippen LogP contribution in [0.5, 0.6) is 5.75 Å². The predicted molar refractivity (Wildman–Crippen MR) is 132 cm³/mol. The second-order valence-corrected chi connectivity index (χ2v) is 8.96. The van der Waals surface area contributed by atoms with E-state index in [2.05, 4.69) is 34.2 Å². The number of anilines is 1. The van der Waals surface area contributed by atoms with Crippen LogP contribution in [0.3, 0.4) is 0 Å². The van der Waals surface area contributed by atoms with Gasteiger partial charge in [-0.05, 0) is 47.0 Å².